The molecule has 19 heavy (non-hydrogen) atoms. The lowest BCUT2D eigenvalue weighted by Crippen LogP contribution is -2.34. The Labute approximate surface area is 121 Å². The Morgan fingerprint density at radius 1 is 1.53 bits per heavy atom. The summed E-state index contributed by atoms with van der Waals surface area (Å²) in [6, 6.07) is 4.16. The van der Waals surface area contributed by atoms with Crippen molar-refractivity contribution in [2.24, 2.45) is 0 Å². The van der Waals surface area contributed by atoms with E-state index in [9.17, 15) is 10.1 Å². The molecule has 0 atom stereocenters. The van der Waals surface area contributed by atoms with Crippen molar-refractivity contribution in [3.8, 4) is 0 Å². The maximum absolute atomic E-state index is 10.7. The van der Waals surface area contributed by atoms with Gasteiger partial charge in [0.25, 0.3) is 5.69 Å². The molecule has 0 saturated carbocycles. The Balaban J connectivity index is 2.63. The molecule has 1 aromatic carbocycles. The third kappa shape index (κ3) is 5.37. The second kappa shape index (κ2) is 7.22. The van der Waals surface area contributed by atoms with Crippen molar-refractivity contribution >= 4 is 40.3 Å². The molecule has 0 heterocycles. The van der Waals surface area contributed by atoms with Gasteiger partial charge in [0.2, 0.25) is 0 Å². The highest BCUT2D eigenvalue weighted by molar-refractivity contribution is 7.80. The van der Waals surface area contributed by atoms with Crippen LogP contribution in [0.5, 0.6) is 0 Å². The van der Waals surface area contributed by atoms with E-state index in [2.05, 4.69) is 10.6 Å². The number of non-ortho nitro benzene ring substituents is 1. The molecular weight excluding hydrogens is 288 g/mol. The number of anilines is 1. The summed E-state index contributed by atoms with van der Waals surface area (Å²) in [5.74, 6) is 0. The fourth-order valence-electron chi connectivity index (χ4n) is 1.28. The topological polar surface area (TPSA) is 70.4 Å². The predicted molar refractivity (Wildman–Crippen MR) is 80.9 cm³/mol. The quantitative estimate of drug-likeness (QED) is 0.493. The van der Waals surface area contributed by atoms with E-state index in [4.69, 9.17) is 23.8 Å². The Morgan fingerprint density at radius 2 is 2.21 bits per heavy atom. The molecule has 0 aromatic heterocycles. The van der Waals surface area contributed by atoms with Crippen LogP contribution in [0.2, 0.25) is 5.02 Å². The first-order valence-corrected chi connectivity index (χ1v) is 6.32. The van der Waals surface area contributed by atoms with Crippen molar-refractivity contribution in [2.75, 3.05) is 32.5 Å². The van der Waals surface area contributed by atoms with Gasteiger partial charge < -0.3 is 15.5 Å². The molecule has 1 rings (SSSR count). The SMILES string of the molecule is CN(C)CCNC(=S)Nc1cc([N+](=O)[O-])ccc1Cl. The number of hydrogen-bond acceptors (Lipinski definition) is 4. The molecule has 0 aliphatic carbocycles. The number of rotatable bonds is 5. The molecule has 1 aromatic rings. The molecule has 0 unspecified atom stereocenters. The van der Waals surface area contributed by atoms with E-state index in [0.717, 1.165) is 6.54 Å². The molecule has 0 radical (unpaired) electrons. The first kappa shape index (κ1) is 15.6. The molecule has 0 spiro atoms. The number of nitro benzene ring substituents is 1. The largest absolute Gasteiger partial charge is 0.361 e. The summed E-state index contributed by atoms with van der Waals surface area (Å²) in [7, 11) is 3.91. The number of benzene rings is 1. The van der Waals surface area contributed by atoms with Gasteiger partial charge in [-0.1, -0.05) is 11.6 Å². The summed E-state index contributed by atoms with van der Waals surface area (Å²) < 4.78 is 0. The van der Waals surface area contributed by atoms with Gasteiger partial charge in [-0.2, -0.15) is 0 Å². The van der Waals surface area contributed by atoms with Gasteiger partial charge in [0.15, 0.2) is 5.11 Å². The van der Waals surface area contributed by atoms with Crippen molar-refractivity contribution in [2.45, 2.75) is 0 Å². The second-order valence-corrected chi connectivity index (χ2v) is 4.92. The van der Waals surface area contributed by atoms with Crippen molar-refractivity contribution in [3.63, 3.8) is 0 Å². The van der Waals surface area contributed by atoms with Crippen molar-refractivity contribution in [3.05, 3.63) is 33.3 Å². The third-order valence-electron chi connectivity index (χ3n) is 2.25. The number of halogens is 1. The van der Waals surface area contributed by atoms with Crippen LogP contribution in [0.3, 0.4) is 0 Å². The summed E-state index contributed by atoms with van der Waals surface area (Å²) in [5, 5.41) is 17.3. The first-order valence-electron chi connectivity index (χ1n) is 5.53. The molecule has 8 heteroatoms. The lowest BCUT2D eigenvalue weighted by molar-refractivity contribution is -0.384. The summed E-state index contributed by atoms with van der Waals surface area (Å²) >= 11 is 11.0. The molecule has 104 valence electrons. The average molecular weight is 303 g/mol. The number of thiocarbonyl (C=S) groups is 1. The number of hydrogen-bond donors (Lipinski definition) is 2. The minimum Gasteiger partial charge on any atom is -0.361 e. The Hall–Kier alpha value is -1.44. The Kier molecular flexibility index (Phi) is 5.94. The number of likely N-dealkylation sites (N-methyl/N-ethyl adjacent to an activating group) is 1. The summed E-state index contributed by atoms with van der Waals surface area (Å²) in [6.45, 7) is 1.50. The molecule has 0 amide bonds. The number of nitrogens with one attached hydrogen (secondary N) is 2. The highest BCUT2D eigenvalue weighted by atomic mass is 35.5. The van der Waals surface area contributed by atoms with Crippen molar-refractivity contribution in [1.82, 2.24) is 10.2 Å². The van der Waals surface area contributed by atoms with Crippen LogP contribution in [-0.2, 0) is 0 Å². The zero-order valence-corrected chi connectivity index (χ0v) is 12.2. The van der Waals surface area contributed by atoms with E-state index >= 15 is 0 Å². The van der Waals surface area contributed by atoms with E-state index in [1.54, 1.807) is 0 Å². The zero-order chi connectivity index (χ0) is 14.4. The van der Waals surface area contributed by atoms with E-state index < -0.39 is 4.92 Å². The van der Waals surface area contributed by atoms with Crippen LogP contribution in [0.15, 0.2) is 18.2 Å². The summed E-state index contributed by atoms with van der Waals surface area (Å²) in [5.41, 5.74) is 0.376. The minimum absolute atomic E-state index is 0.0389. The standard InChI is InChI=1S/C11H15ClN4O2S/c1-15(2)6-5-13-11(19)14-10-7-8(16(17)18)3-4-9(10)12/h3-4,7H,5-6H2,1-2H3,(H2,13,14,19). The monoisotopic (exact) mass is 302 g/mol. The number of nitro groups is 1. The maximum atomic E-state index is 10.7. The van der Waals surface area contributed by atoms with Crippen LogP contribution >= 0.6 is 23.8 Å². The van der Waals surface area contributed by atoms with Gasteiger partial charge in [0.05, 0.1) is 15.6 Å². The molecule has 2 N–H and O–H groups in total. The molecule has 0 bridgehead atoms. The molecule has 0 saturated heterocycles. The molecule has 6 nitrogen and oxygen atoms in total. The van der Waals surface area contributed by atoms with Crippen LogP contribution in [-0.4, -0.2) is 42.1 Å². The van der Waals surface area contributed by atoms with Gasteiger partial charge in [-0.05, 0) is 32.4 Å². The van der Waals surface area contributed by atoms with E-state index in [-0.39, 0.29) is 5.69 Å². The van der Waals surface area contributed by atoms with Crippen molar-refractivity contribution in [1.29, 1.82) is 0 Å². The van der Waals surface area contributed by atoms with Gasteiger partial charge in [0, 0.05) is 25.2 Å². The Bertz CT molecular complexity index is 482. The van der Waals surface area contributed by atoms with Gasteiger partial charge in [-0.25, -0.2) is 0 Å². The lowest BCUT2D eigenvalue weighted by Gasteiger charge is -2.14. The normalized spacial score (nSPS) is 10.3. The molecule has 0 fully saturated rings. The van der Waals surface area contributed by atoms with Crippen LogP contribution in [0.25, 0.3) is 0 Å². The van der Waals surface area contributed by atoms with Crippen molar-refractivity contribution < 1.29 is 4.92 Å². The predicted octanol–water partition coefficient (Wildman–Crippen LogP) is 2.10. The highest BCUT2D eigenvalue weighted by Gasteiger charge is 2.10. The molecule has 0 aliphatic rings. The Morgan fingerprint density at radius 3 is 2.79 bits per heavy atom. The molecular formula is C11H15ClN4O2S. The second-order valence-electron chi connectivity index (χ2n) is 4.11. The summed E-state index contributed by atoms with van der Waals surface area (Å²) in [4.78, 5) is 12.2. The summed E-state index contributed by atoms with van der Waals surface area (Å²) in [6.07, 6.45) is 0. The van der Waals surface area contributed by atoms with E-state index in [1.807, 2.05) is 19.0 Å². The third-order valence-corrected chi connectivity index (χ3v) is 2.83. The zero-order valence-electron chi connectivity index (χ0n) is 10.6. The van der Waals surface area contributed by atoms with Gasteiger partial charge in [0.1, 0.15) is 0 Å². The van der Waals surface area contributed by atoms with Gasteiger partial charge in [-0.3, -0.25) is 10.1 Å². The fourth-order valence-corrected chi connectivity index (χ4v) is 1.66. The van der Waals surface area contributed by atoms with E-state index in [0.29, 0.717) is 22.4 Å². The fraction of sp³-hybridized carbons (Fsp3) is 0.364. The van der Waals surface area contributed by atoms with Gasteiger partial charge in [-0.15, -0.1) is 0 Å². The van der Waals surface area contributed by atoms with Gasteiger partial charge >= 0.3 is 0 Å². The van der Waals surface area contributed by atoms with Crippen LogP contribution in [0, 0.1) is 10.1 Å². The lowest BCUT2D eigenvalue weighted by atomic mass is 10.3. The molecule has 0 aliphatic heterocycles. The number of nitrogens with zero attached hydrogens (tertiary/aromatic N) is 2. The average Bonchev–Trinajstić information content (AvgIpc) is 2.31. The maximum Gasteiger partial charge on any atom is 0.271 e. The van der Waals surface area contributed by atoms with Crippen LogP contribution < -0.4 is 10.6 Å². The minimum atomic E-state index is -0.482. The first-order chi connectivity index (χ1) is 8.90. The van der Waals surface area contributed by atoms with Crippen LogP contribution in [0.4, 0.5) is 11.4 Å². The van der Waals surface area contributed by atoms with E-state index in [1.165, 1.54) is 18.2 Å². The smallest absolute Gasteiger partial charge is 0.271 e. The highest BCUT2D eigenvalue weighted by Crippen LogP contribution is 2.26. The van der Waals surface area contributed by atoms with Crippen LogP contribution in [0.1, 0.15) is 0 Å².